The number of alkyl halides is 1. The highest BCUT2D eigenvalue weighted by atomic mass is 32.2. The van der Waals surface area contributed by atoms with Gasteiger partial charge in [-0.15, -0.1) is 4.72 Å². The summed E-state index contributed by atoms with van der Waals surface area (Å²) in [7, 11) is 1.61. The predicted molar refractivity (Wildman–Crippen MR) is 168 cm³/mol. The van der Waals surface area contributed by atoms with Gasteiger partial charge in [0.2, 0.25) is 0 Å². The lowest BCUT2D eigenvalue weighted by molar-refractivity contribution is -0.142. The van der Waals surface area contributed by atoms with E-state index in [4.69, 9.17) is 18.6 Å². The summed E-state index contributed by atoms with van der Waals surface area (Å²) in [5.41, 5.74) is 5.64. The second-order valence-electron chi connectivity index (χ2n) is 11.4. The molecule has 0 aliphatic heterocycles. The Morgan fingerprint density at radius 1 is 1.09 bits per heavy atom. The van der Waals surface area contributed by atoms with Gasteiger partial charge >= 0.3 is 5.97 Å². The third kappa shape index (κ3) is 8.38. The van der Waals surface area contributed by atoms with Crippen LogP contribution in [0.4, 0.5) is 4.39 Å². The van der Waals surface area contributed by atoms with Crippen molar-refractivity contribution in [3.63, 3.8) is 0 Å². The summed E-state index contributed by atoms with van der Waals surface area (Å²) < 4.78 is 52.3. The van der Waals surface area contributed by atoms with Gasteiger partial charge in [0.15, 0.2) is 0 Å². The number of hydrogen-bond donors (Lipinski definition) is 1. The first-order chi connectivity index (χ1) is 20.5. The molecule has 7 nitrogen and oxygen atoms in total. The Kier molecular flexibility index (Phi) is 10.9. The van der Waals surface area contributed by atoms with E-state index in [1.54, 1.807) is 14.0 Å². The molecule has 1 heterocycles. The summed E-state index contributed by atoms with van der Waals surface area (Å²) in [4.78, 5) is 12.2. The Bertz CT molecular complexity index is 1550. The van der Waals surface area contributed by atoms with Crippen LogP contribution in [0, 0.1) is 6.92 Å². The van der Waals surface area contributed by atoms with Crippen LogP contribution in [0.3, 0.4) is 0 Å². The molecule has 0 amide bonds. The molecule has 1 N–H and O–H groups in total. The number of ether oxygens (including phenoxy) is 3. The van der Waals surface area contributed by atoms with Crippen LogP contribution in [-0.2, 0) is 45.3 Å². The number of furan rings is 1. The van der Waals surface area contributed by atoms with E-state index in [1.165, 1.54) is 0 Å². The summed E-state index contributed by atoms with van der Waals surface area (Å²) >= 11 is -1.44. The predicted octanol–water partition coefficient (Wildman–Crippen LogP) is 7.30. The van der Waals surface area contributed by atoms with Gasteiger partial charge in [-0.3, -0.25) is 4.79 Å². The van der Waals surface area contributed by atoms with Gasteiger partial charge in [0, 0.05) is 35.0 Å². The fraction of sp³-hybridized carbons (Fsp3) is 0.382. The molecule has 43 heavy (non-hydrogen) atoms. The van der Waals surface area contributed by atoms with E-state index in [9.17, 15) is 13.7 Å². The first-order valence-corrected chi connectivity index (χ1v) is 15.4. The maximum Gasteiger partial charge on any atom is 0.310 e. The van der Waals surface area contributed by atoms with Gasteiger partial charge < -0.3 is 23.2 Å². The van der Waals surface area contributed by atoms with Crippen LogP contribution >= 0.6 is 0 Å². The number of halogens is 1. The van der Waals surface area contributed by atoms with Gasteiger partial charge in [-0.2, -0.15) is 0 Å². The molecule has 2 atom stereocenters. The SMILES string of the molecule is CCOC(=O)Cc1ccc(C)cc1OCc1cc(-c2cccc(C(CF)N[S@+]([O-])C(C)(C)C)c2)c2oc(COC)cc2c1. The summed E-state index contributed by atoms with van der Waals surface area (Å²) in [6.07, 6.45) is 0.117. The first-order valence-electron chi connectivity index (χ1n) is 14.3. The highest BCUT2D eigenvalue weighted by molar-refractivity contribution is 7.90. The van der Waals surface area contributed by atoms with E-state index in [-0.39, 0.29) is 19.0 Å². The van der Waals surface area contributed by atoms with Gasteiger partial charge in [0.05, 0.1) is 13.0 Å². The Morgan fingerprint density at radius 2 is 1.88 bits per heavy atom. The summed E-state index contributed by atoms with van der Waals surface area (Å²) in [5.74, 6) is 0.983. The molecule has 9 heteroatoms. The Labute approximate surface area is 256 Å². The zero-order valence-corrected chi connectivity index (χ0v) is 26.4. The number of methoxy groups -OCH3 is 1. The van der Waals surface area contributed by atoms with Crippen LogP contribution in [0.5, 0.6) is 5.75 Å². The number of aryl methyl sites for hydroxylation is 1. The van der Waals surface area contributed by atoms with Crippen molar-refractivity contribution < 1.29 is 32.4 Å². The molecule has 0 saturated heterocycles. The van der Waals surface area contributed by atoms with Gasteiger partial charge in [-0.05, 0) is 87.2 Å². The van der Waals surface area contributed by atoms with E-state index in [0.29, 0.717) is 35.9 Å². The van der Waals surface area contributed by atoms with Crippen molar-refractivity contribution in [2.24, 2.45) is 0 Å². The molecule has 0 aliphatic carbocycles. The number of benzene rings is 3. The van der Waals surface area contributed by atoms with Crippen molar-refractivity contribution in [2.45, 2.75) is 65.0 Å². The zero-order valence-electron chi connectivity index (χ0n) is 25.6. The molecule has 4 rings (SSSR count). The Morgan fingerprint density at radius 3 is 2.58 bits per heavy atom. The summed E-state index contributed by atoms with van der Waals surface area (Å²) in [6.45, 7) is 9.44. The van der Waals surface area contributed by atoms with Crippen LogP contribution in [0.15, 0.2) is 65.1 Å². The van der Waals surface area contributed by atoms with Crippen molar-refractivity contribution in [1.82, 2.24) is 4.72 Å². The molecule has 1 aromatic heterocycles. The fourth-order valence-electron chi connectivity index (χ4n) is 4.67. The average molecular weight is 610 g/mol. The van der Waals surface area contributed by atoms with E-state index in [1.807, 2.05) is 88.4 Å². The van der Waals surface area contributed by atoms with Crippen LogP contribution < -0.4 is 9.46 Å². The molecule has 0 bridgehead atoms. The smallest absolute Gasteiger partial charge is 0.310 e. The largest absolute Gasteiger partial charge is 0.598 e. The van der Waals surface area contributed by atoms with Crippen molar-refractivity contribution in [1.29, 1.82) is 0 Å². The standard InChI is InChI=1S/C34H40FNO6S/c1-7-40-32(37)18-26-12-11-22(2)13-31(26)41-20-23-14-27-17-28(21-39-6)42-33(27)29(15-23)24-9-8-10-25(16-24)30(19-35)36-43(38)34(3,4)5/h8-17,30,36H,7,18-21H2,1-6H3/t30?,43-/m1/s1. The van der Waals surface area contributed by atoms with Crippen molar-refractivity contribution in [3.05, 3.63) is 88.7 Å². The monoisotopic (exact) mass is 609 g/mol. The van der Waals surface area contributed by atoms with Gasteiger partial charge in [-0.25, -0.2) is 4.39 Å². The normalized spacial score (nSPS) is 13.2. The van der Waals surface area contributed by atoms with Crippen molar-refractivity contribution in [2.75, 3.05) is 20.4 Å². The molecule has 0 aliphatic rings. The second kappa shape index (κ2) is 14.4. The third-order valence-electron chi connectivity index (χ3n) is 6.83. The third-order valence-corrected chi connectivity index (χ3v) is 8.44. The zero-order chi connectivity index (χ0) is 31.1. The lowest BCUT2D eigenvalue weighted by Crippen LogP contribution is -2.41. The molecular formula is C34H40FNO6S. The number of esters is 1. The van der Waals surface area contributed by atoms with Crippen molar-refractivity contribution >= 4 is 28.3 Å². The quantitative estimate of drug-likeness (QED) is 0.126. The molecule has 0 fully saturated rings. The van der Waals surface area contributed by atoms with Crippen molar-refractivity contribution in [3.8, 4) is 16.9 Å². The molecule has 230 valence electrons. The van der Waals surface area contributed by atoms with E-state index < -0.39 is 28.8 Å². The highest BCUT2D eigenvalue weighted by Gasteiger charge is 2.30. The minimum atomic E-state index is -1.44. The number of carbonyl (C=O) groups is 1. The Hall–Kier alpha value is -3.37. The maximum atomic E-state index is 14.2. The molecular weight excluding hydrogens is 569 g/mol. The van der Waals surface area contributed by atoms with E-state index in [2.05, 4.69) is 4.72 Å². The molecule has 3 aromatic carbocycles. The molecule has 0 saturated carbocycles. The molecule has 1 unspecified atom stereocenters. The number of fused-ring (bicyclic) bond motifs is 1. The average Bonchev–Trinajstić information content (AvgIpc) is 3.37. The van der Waals surface area contributed by atoms with Gasteiger partial charge in [-0.1, -0.05) is 30.3 Å². The Balaban J connectivity index is 1.70. The number of carbonyl (C=O) groups excluding carboxylic acids is 1. The fourth-order valence-corrected chi connectivity index (χ4v) is 5.48. The lowest BCUT2D eigenvalue weighted by Gasteiger charge is -2.27. The van der Waals surface area contributed by atoms with Crippen LogP contribution in [0.2, 0.25) is 0 Å². The van der Waals surface area contributed by atoms with Gasteiger partial charge in [0.1, 0.15) is 47.8 Å². The molecule has 4 aromatic rings. The summed E-state index contributed by atoms with van der Waals surface area (Å²) in [6, 6.07) is 18.5. The number of hydrogen-bond acceptors (Lipinski definition) is 7. The highest BCUT2D eigenvalue weighted by Crippen LogP contribution is 2.35. The van der Waals surface area contributed by atoms with E-state index >= 15 is 0 Å². The minimum absolute atomic E-state index is 0.117. The first kappa shape index (κ1) is 32.5. The topological polar surface area (TPSA) is 93.0 Å². The van der Waals surface area contributed by atoms with E-state index in [0.717, 1.165) is 33.2 Å². The van der Waals surface area contributed by atoms with Crippen LogP contribution in [-0.4, -0.2) is 35.7 Å². The second-order valence-corrected chi connectivity index (χ2v) is 13.4. The van der Waals surface area contributed by atoms with Crippen LogP contribution in [0.25, 0.3) is 22.1 Å². The van der Waals surface area contributed by atoms with Crippen LogP contribution in [0.1, 0.15) is 61.8 Å². The summed E-state index contributed by atoms with van der Waals surface area (Å²) in [5, 5.41) is 0.874. The lowest BCUT2D eigenvalue weighted by atomic mass is 9.97. The number of nitrogens with one attached hydrogen (secondary N) is 1. The molecule has 0 spiro atoms. The molecule has 0 radical (unpaired) electrons. The van der Waals surface area contributed by atoms with Gasteiger partial charge in [0.25, 0.3) is 0 Å². The maximum absolute atomic E-state index is 14.2. The minimum Gasteiger partial charge on any atom is -0.598 e. The number of rotatable bonds is 13.